The lowest BCUT2D eigenvalue weighted by molar-refractivity contribution is 0.415. The lowest BCUT2D eigenvalue weighted by atomic mass is 10.1. The summed E-state index contributed by atoms with van der Waals surface area (Å²) in [6, 6.07) is 8.61. The molecule has 0 amide bonds. The van der Waals surface area contributed by atoms with Crippen LogP contribution in [-0.2, 0) is 6.54 Å². The normalized spacial score (nSPS) is 10.5. The minimum atomic E-state index is -0.246. The van der Waals surface area contributed by atoms with Crippen LogP contribution >= 0.6 is 11.3 Å². The second-order valence-electron chi connectivity index (χ2n) is 3.64. The zero-order chi connectivity index (χ0) is 12.3. The molecule has 0 aliphatic carbocycles. The Kier molecular flexibility index (Phi) is 3.76. The van der Waals surface area contributed by atoms with E-state index in [1.165, 1.54) is 17.0 Å². The van der Waals surface area contributed by atoms with Crippen molar-refractivity contribution in [3.8, 4) is 16.2 Å². The summed E-state index contributed by atoms with van der Waals surface area (Å²) >= 11 is 1.64. The molecule has 0 atom stereocenters. The molecule has 0 saturated carbocycles. The number of benzene rings is 1. The van der Waals surface area contributed by atoms with Crippen molar-refractivity contribution in [1.29, 1.82) is 0 Å². The highest BCUT2D eigenvalue weighted by Gasteiger charge is 2.09. The van der Waals surface area contributed by atoms with Crippen LogP contribution in [0.3, 0.4) is 0 Å². The van der Waals surface area contributed by atoms with Crippen LogP contribution in [0.1, 0.15) is 4.88 Å². The third-order valence-corrected chi connectivity index (χ3v) is 3.56. The molecule has 90 valence electrons. The van der Waals surface area contributed by atoms with Gasteiger partial charge in [0.25, 0.3) is 0 Å². The zero-order valence-electron chi connectivity index (χ0n) is 9.79. The molecule has 0 aliphatic rings. The van der Waals surface area contributed by atoms with Gasteiger partial charge in [0.15, 0.2) is 0 Å². The summed E-state index contributed by atoms with van der Waals surface area (Å²) in [6.07, 6.45) is 0. The Bertz CT molecular complexity index is 510. The largest absolute Gasteiger partial charge is 0.496 e. The number of methoxy groups -OCH3 is 1. The van der Waals surface area contributed by atoms with E-state index < -0.39 is 0 Å². The minimum absolute atomic E-state index is 0.246. The number of rotatable bonds is 4. The van der Waals surface area contributed by atoms with Crippen LogP contribution in [0.5, 0.6) is 5.75 Å². The Hall–Kier alpha value is -1.39. The molecule has 0 aliphatic heterocycles. The summed E-state index contributed by atoms with van der Waals surface area (Å²) in [7, 11) is 3.50. The quantitative estimate of drug-likeness (QED) is 0.900. The summed E-state index contributed by atoms with van der Waals surface area (Å²) in [5.74, 6) is 0.452. The summed E-state index contributed by atoms with van der Waals surface area (Å²) in [6.45, 7) is 0.822. The summed E-state index contributed by atoms with van der Waals surface area (Å²) < 4.78 is 18.5. The van der Waals surface area contributed by atoms with Crippen molar-refractivity contribution < 1.29 is 9.13 Å². The lowest BCUT2D eigenvalue weighted by Gasteiger charge is -2.06. The topological polar surface area (TPSA) is 21.3 Å². The third kappa shape index (κ3) is 2.65. The van der Waals surface area contributed by atoms with Crippen molar-refractivity contribution in [3.63, 3.8) is 0 Å². The number of thiophene rings is 1. The van der Waals surface area contributed by atoms with E-state index >= 15 is 0 Å². The standard InChI is InChI=1S/C13H14FNOS/c1-15-8-10-4-6-13(17-10)11-7-9(14)3-5-12(11)16-2/h3-7,15H,8H2,1-2H3. The van der Waals surface area contributed by atoms with E-state index in [4.69, 9.17) is 4.74 Å². The van der Waals surface area contributed by atoms with Crippen LogP contribution in [0.2, 0.25) is 0 Å². The first kappa shape index (κ1) is 12.1. The van der Waals surface area contributed by atoms with Gasteiger partial charge in [-0.25, -0.2) is 4.39 Å². The highest BCUT2D eigenvalue weighted by molar-refractivity contribution is 7.15. The smallest absolute Gasteiger partial charge is 0.127 e. The van der Waals surface area contributed by atoms with Crippen LogP contribution in [0.25, 0.3) is 10.4 Å². The molecule has 2 aromatic rings. The van der Waals surface area contributed by atoms with E-state index in [0.717, 1.165) is 17.0 Å². The molecule has 0 fully saturated rings. The zero-order valence-corrected chi connectivity index (χ0v) is 10.6. The second kappa shape index (κ2) is 5.29. The molecule has 0 spiro atoms. The van der Waals surface area contributed by atoms with Gasteiger partial charge in [-0.15, -0.1) is 11.3 Å². The fraction of sp³-hybridized carbons (Fsp3) is 0.231. The van der Waals surface area contributed by atoms with Gasteiger partial charge >= 0.3 is 0 Å². The van der Waals surface area contributed by atoms with Crippen molar-refractivity contribution in [2.75, 3.05) is 14.2 Å². The molecule has 4 heteroatoms. The highest BCUT2D eigenvalue weighted by atomic mass is 32.1. The fourth-order valence-electron chi connectivity index (χ4n) is 1.66. The first-order valence-electron chi connectivity index (χ1n) is 5.32. The van der Waals surface area contributed by atoms with E-state index in [9.17, 15) is 4.39 Å². The Labute approximate surface area is 104 Å². The Morgan fingerprint density at radius 2 is 2.12 bits per heavy atom. The van der Waals surface area contributed by atoms with Gasteiger partial charge in [-0.05, 0) is 37.4 Å². The first-order chi connectivity index (χ1) is 8.24. The predicted molar refractivity (Wildman–Crippen MR) is 69.0 cm³/mol. The van der Waals surface area contributed by atoms with Crippen LogP contribution in [0, 0.1) is 5.82 Å². The van der Waals surface area contributed by atoms with Crippen LogP contribution in [-0.4, -0.2) is 14.2 Å². The van der Waals surface area contributed by atoms with Gasteiger partial charge in [-0.2, -0.15) is 0 Å². The molecule has 1 aromatic carbocycles. The van der Waals surface area contributed by atoms with E-state index in [0.29, 0.717) is 5.75 Å². The Morgan fingerprint density at radius 3 is 2.82 bits per heavy atom. The third-order valence-electron chi connectivity index (χ3n) is 2.44. The van der Waals surface area contributed by atoms with Crippen molar-refractivity contribution in [2.45, 2.75) is 6.54 Å². The number of hydrogen-bond acceptors (Lipinski definition) is 3. The first-order valence-corrected chi connectivity index (χ1v) is 6.13. The molecule has 1 heterocycles. The molecule has 0 radical (unpaired) electrons. The molecule has 0 unspecified atom stereocenters. The summed E-state index contributed by atoms with van der Waals surface area (Å²) in [5, 5.41) is 3.09. The molecule has 0 saturated heterocycles. The molecule has 2 nitrogen and oxygen atoms in total. The number of hydrogen-bond donors (Lipinski definition) is 1. The summed E-state index contributed by atoms with van der Waals surface area (Å²) in [4.78, 5) is 2.24. The monoisotopic (exact) mass is 251 g/mol. The van der Waals surface area contributed by atoms with Gasteiger partial charge in [0.05, 0.1) is 7.11 Å². The minimum Gasteiger partial charge on any atom is -0.496 e. The number of nitrogens with one attached hydrogen (secondary N) is 1. The fourth-order valence-corrected chi connectivity index (χ4v) is 2.71. The van der Waals surface area contributed by atoms with E-state index in [-0.39, 0.29) is 5.82 Å². The Morgan fingerprint density at radius 1 is 1.29 bits per heavy atom. The SMILES string of the molecule is CNCc1ccc(-c2cc(F)ccc2OC)s1. The van der Waals surface area contributed by atoms with Gasteiger partial charge in [-0.3, -0.25) is 0 Å². The van der Waals surface area contributed by atoms with E-state index in [1.807, 2.05) is 19.2 Å². The number of ether oxygens (including phenoxy) is 1. The van der Waals surface area contributed by atoms with Gasteiger partial charge in [0.2, 0.25) is 0 Å². The molecule has 0 bridgehead atoms. The second-order valence-corrected chi connectivity index (χ2v) is 4.81. The molecule has 1 N–H and O–H groups in total. The van der Waals surface area contributed by atoms with E-state index in [1.54, 1.807) is 24.5 Å². The Balaban J connectivity index is 2.40. The molecular weight excluding hydrogens is 237 g/mol. The maximum absolute atomic E-state index is 13.3. The number of halogens is 1. The highest BCUT2D eigenvalue weighted by Crippen LogP contribution is 2.35. The van der Waals surface area contributed by atoms with Gasteiger partial charge in [0.1, 0.15) is 11.6 Å². The predicted octanol–water partition coefficient (Wildman–Crippen LogP) is 3.28. The molecular formula is C13H14FNOS. The van der Waals surface area contributed by atoms with Crippen molar-refractivity contribution in [2.24, 2.45) is 0 Å². The maximum atomic E-state index is 13.3. The molecule has 1 aromatic heterocycles. The van der Waals surface area contributed by atoms with Gasteiger partial charge < -0.3 is 10.1 Å². The van der Waals surface area contributed by atoms with Crippen LogP contribution in [0.15, 0.2) is 30.3 Å². The van der Waals surface area contributed by atoms with Crippen molar-refractivity contribution in [1.82, 2.24) is 5.32 Å². The lowest BCUT2D eigenvalue weighted by Crippen LogP contribution is -2.02. The maximum Gasteiger partial charge on any atom is 0.127 e. The van der Waals surface area contributed by atoms with Crippen molar-refractivity contribution >= 4 is 11.3 Å². The van der Waals surface area contributed by atoms with Gasteiger partial charge in [-0.1, -0.05) is 0 Å². The van der Waals surface area contributed by atoms with Crippen LogP contribution < -0.4 is 10.1 Å². The van der Waals surface area contributed by atoms with Crippen LogP contribution in [0.4, 0.5) is 4.39 Å². The van der Waals surface area contributed by atoms with E-state index in [2.05, 4.69) is 5.32 Å². The average Bonchev–Trinajstić information content (AvgIpc) is 2.78. The van der Waals surface area contributed by atoms with Gasteiger partial charge in [0, 0.05) is 21.9 Å². The summed E-state index contributed by atoms with van der Waals surface area (Å²) in [5.41, 5.74) is 0.805. The average molecular weight is 251 g/mol. The molecule has 2 rings (SSSR count). The van der Waals surface area contributed by atoms with Crippen molar-refractivity contribution in [3.05, 3.63) is 41.0 Å². The molecule has 17 heavy (non-hydrogen) atoms.